The average Bonchev–Trinajstić information content (AvgIpc) is 2.90. The number of alkyl halides is 1. The Kier molecular flexibility index (Phi) is 6.72. The Balaban J connectivity index is 1.69. The van der Waals surface area contributed by atoms with Crippen LogP contribution in [-0.2, 0) is 20.7 Å². The van der Waals surface area contributed by atoms with E-state index in [2.05, 4.69) is 0 Å². The molecular weight excluding hydrogens is 519 g/mol. The van der Waals surface area contributed by atoms with Gasteiger partial charge >= 0.3 is 0 Å². The molecule has 1 aliphatic heterocycles. The molecule has 5 N–H and O–H groups in total. The molecule has 11 nitrogen and oxygen atoms in total. The van der Waals surface area contributed by atoms with Crippen molar-refractivity contribution < 1.29 is 58.5 Å². The number of fused-ring (bicyclic) bond motifs is 3. The minimum absolute atomic E-state index is 0.0703. The first kappa shape index (κ1) is 27.2. The average molecular weight is 547 g/mol. The lowest BCUT2D eigenvalue weighted by Gasteiger charge is -2.41. The van der Waals surface area contributed by atoms with Gasteiger partial charge in [-0.2, -0.15) is 0 Å². The Hall–Kier alpha value is -3.42. The third-order valence-electron chi connectivity index (χ3n) is 7.71. The number of methoxy groups -OCH3 is 1. The highest BCUT2D eigenvalue weighted by Gasteiger charge is 2.50. The zero-order chi connectivity index (χ0) is 28.4. The summed E-state index contributed by atoms with van der Waals surface area (Å²) < 4.78 is 30.2. The summed E-state index contributed by atoms with van der Waals surface area (Å²) in [6.45, 7) is -0.0569. The predicted octanol–water partition coefficient (Wildman–Crippen LogP) is 1.01. The minimum atomic E-state index is -2.40. The van der Waals surface area contributed by atoms with Gasteiger partial charge in [0.2, 0.25) is 5.78 Å². The minimum Gasteiger partial charge on any atom is -0.507 e. The second-order valence-corrected chi connectivity index (χ2v) is 10.0. The van der Waals surface area contributed by atoms with Gasteiger partial charge in [-0.15, -0.1) is 0 Å². The Morgan fingerprint density at radius 1 is 1.13 bits per heavy atom. The number of halogens is 1. The number of aliphatic hydroxyl groups is 3. The van der Waals surface area contributed by atoms with Crippen LogP contribution < -0.4 is 4.74 Å². The fourth-order valence-corrected chi connectivity index (χ4v) is 5.67. The van der Waals surface area contributed by atoms with Gasteiger partial charge < -0.3 is 39.7 Å². The molecule has 2 aromatic rings. The van der Waals surface area contributed by atoms with Gasteiger partial charge in [-0.05, 0) is 13.0 Å². The first-order chi connectivity index (χ1) is 18.4. The Bertz CT molecular complexity index is 1380. The van der Waals surface area contributed by atoms with Crippen LogP contribution in [0.4, 0.5) is 4.39 Å². The van der Waals surface area contributed by atoms with Crippen LogP contribution in [0.15, 0.2) is 18.2 Å². The van der Waals surface area contributed by atoms with Gasteiger partial charge in [0, 0.05) is 36.0 Å². The van der Waals surface area contributed by atoms with Crippen LogP contribution >= 0.6 is 0 Å². The standard InChI is InChI=1S/C27H27FO11/c1-10-22(31)13(29)6-17(38-10)39-15-8-27(36,16(30)9-28)7-12-19(15)26(35)21-20(24(12)33)23(32)11-4-3-5-14(37-2)18(11)25(21)34/h3-5,10,13,15,17,22,29,31,33,35-36H,6-9H2,1-2H3/t10-,13-,15-,17-,22+,27-/m0/s1. The number of benzene rings is 2. The normalized spacial score (nSPS) is 29.8. The number of ketones is 3. The summed E-state index contributed by atoms with van der Waals surface area (Å²) in [7, 11) is 1.30. The number of aromatic hydroxyl groups is 2. The quantitative estimate of drug-likeness (QED) is 0.288. The van der Waals surface area contributed by atoms with Crippen molar-refractivity contribution in [1.29, 1.82) is 0 Å². The van der Waals surface area contributed by atoms with E-state index < -0.39 is 95.8 Å². The van der Waals surface area contributed by atoms with E-state index >= 15 is 0 Å². The number of rotatable bonds is 5. The largest absolute Gasteiger partial charge is 0.507 e. The van der Waals surface area contributed by atoms with Gasteiger partial charge in [-0.25, -0.2) is 4.39 Å². The molecule has 0 aromatic heterocycles. The molecule has 3 aliphatic rings. The maximum Gasteiger partial charge on any atom is 0.202 e. The van der Waals surface area contributed by atoms with Crippen molar-refractivity contribution in [3.8, 4) is 17.2 Å². The fraction of sp³-hybridized carbons (Fsp3) is 0.444. The summed E-state index contributed by atoms with van der Waals surface area (Å²) in [6.07, 6.45) is -7.49. The SMILES string of the molecule is COc1cccc2c1C(=O)c1c(O)c3c(c(O)c1C2=O)C[C@@](O)(C(=O)CF)C[C@@H]3O[C@H]1C[C@H](O)[C@H](O)[C@H](C)O1. The molecule has 0 saturated carbocycles. The molecule has 0 unspecified atom stereocenters. The zero-order valence-corrected chi connectivity index (χ0v) is 21.0. The third-order valence-corrected chi connectivity index (χ3v) is 7.71. The van der Waals surface area contributed by atoms with Gasteiger partial charge in [-0.3, -0.25) is 14.4 Å². The van der Waals surface area contributed by atoms with Gasteiger partial charge in [-0.1, -0.05) is 12.1 Å². The van der Waals surface area contributed by atoms with Crippen molar-refractivity contribution in [3.63, 3.8) is 0 Å². The summed E-state index contributed by atoms with van der Waals surface area (Å²) in [5, 5.41) is 54.0. The smallest absolute Gasteiger partial charge is 0.202 e. The van der Waals surface area contributed by atoms with Crippen molar-refractivity contribution in [2.24, 2.45) is 0 Å². The van der Waals surface area contributed by atoms with Crippen molar-refractivity contribution >= 4 is 17.3 Å². The Labute approximate surface area is 221 Å². The molecule has 12 heteroatoms. The molecule has 0 spiro atoms. The van der Waals surface area contributed by atoms with Gasteiger partial charge in [0.05, 0.1) is 42.1 Å². The van der Waals surface area contributed by atoms with Gasteiger partial charge in [0.25, 0.3) is 0 Å². The molecule has 0 bridgehead atoms. The Morgan fingerprint density at radius 3 is 2.46 bits per heavy atom. The number of hydrogen-bond acceptors (Lipinski definition) is 11. The number of aliphatic hydroxyl groups excluding tert-OH is 2. The molecule has 2 aromatic carbocycles. The molecule has 1 heterocycles. The van der Waals surface area contributed by atoms with E-state index in [0.29, 0.717) is 0 Å². The zero-order valence-electron chi connectivity index (χ0n) is 21.0. The van der Waals surface area contributed by atoms with Crippen LogP contribution in [0.2, 0.25) is 0 Å². The summed E-state index contributed by atoms with van der Waals surface area (Å²) in [5.41, 5.74) is -4.12. The molecule has 0 radical (unpaired) electrons. The van der Waals surface area contributed by atoms with E-state index in [1.54, 1.807) is 0 Å². The highest BCUT2D eigenvalue weighted by Crippen LogP contribution is 2.52. The van der Waals surface area contributed by atoms with Crippen LogP contribution in [0.3, 0.4) is 0 Å². The van der Waals surface area contributed by atoms with Gasteiger partial charge in [0.1, 0.15) is 29.0 Å². The van der Waals surface area contributed by atoms with Crippen LogP contribution in [0.25, 0.3) is 0 Å². The topological polar surface area (TPSA) is 180 Å². The van der Waals surface area contributed by atoms with Crippen molar-refractivity contribution in [3.05, 3.63) is 51.6 Å². The summed E-state index contributed by atoms with van der Waals surface area (Å²) in [6, 6.07) is 4.29. The lowest BCUT2D eigenvalue weighted by Crippen LogP contribution is -2.50. The second kappa shape index (κ2) is 9.65. The fourth-order valence-electron chi connectivity index (χ4n) is 5.67. The van der Waals surface area contributed by atoms with E-state index in [-0.39, 0.29) is 34.4 Å². The van der Waals surface area contributed by atoms with Gasteiger partial charge in [0.15, 0.2) is 24.5 Å². The third kappa shape index (κ3) is 4.10. The summed E-state index contributed by atoms with van der Waals surface area (Å²) >= 11 is 0. The number of ether oxygens (including phenoxy) is 3. The lowest BCUT2D eigenvalue weighted by molar-refractivity contribution is -0.265. The molecule has 2 aliphatic carbocycles. The number of hydrogen-bond donors (Lipinski definition) is 5. The molecule has 6 atom stereocenters. The molecule has 39 heavy (non-hydrogen) atoms. The van der Waals surface area contributed by atoms with Crippen molar-refractivity contribution in [2.75, 3.05) is 13.8 Å². The van der Waals surface area contributed by atoms with Crippen LogP contribution in [0.5, 0.6) is 17.2 Å². The number of Topliss-reactive ketones (excluding diaryl/α,β-unsaturated/α-hetero) is 1. The summed E-state index contributed by atoms with van der Waals surface area (Å²) in [4.78, 5) is 39.5. The molecule has 1 fully saturated rings. The molecular formula is C27H27FO11. The van der Waals surface area contributed by atoms with Crippen LogP contribution in [0.1, 0.15) is 68.8 Å². The highest BCUT2D eigenvalue weighted by molar-refractivity contribution is 6.31. The summed E-state index contributed by atoms with van der Waals surface area (Å²) in [5.74, 6) is -4.26. The molecule has 208 valence electrons. The maximum absolute atomic E-state index is 13.6. The molecule has 0 amide bonds. The predicted molar refractivity (Wildman–Crippen MR) is 129 cm³/mol. The van der Waals surface area contributed by atoms with E-state index in [4.69, 9.17) is 14.2 Å². The van der Waals surface area contributed by atoms with E-state index in [1.807, 2.05) is 0 Å². The highest BCUT2D eigenvalue weighted by atomic mass is 19.1. The van der Waals surface area contributed by atoms with E-state index in [1.165, 1.54) is 32.2 Å². The van der Waals surface area contributed by atoms with Crippen molar-refractivity contribution in [2.45, 2.75) is 62.5 Å². The molecule has 5 rings (SSSR count). The Morgan fingerprint density at radius 2 is 1.82 bits per heavy atom. The second-order valence-electron chi connectivity index (χ2n) is 10.0. The van der Waals surface area contributed by atoms with Crippen molar-refractivity contribution in [1.82, 2.24) is 0 Å². The number of carbonyl (C=O) groups excluding carboxylic acids is 3. The van der Waals surface area contributed by atoms with Crippen LogP contribution in [0, 0.1) is 0 Å². The van der Waals surface area contributed by atoms with E-state index in [9.17, 15) is 44.3 Å². The first-order valence-electron chi connectivity index (χ1n) is 12.3. The first-order valence-corrected chi connectivity index (χ1v) is 12.3. The van der Waals surface area contributed by atoms with E-state index in [0.717, 1.165) is 0 Å². The monoisotopic (exact) mass is 546 g/mol. The maximum atomic E-state index is 13.6. The lowest BCUT2D eigenvalue weighted by atomic mass is 9.72. The number of carbonyl (C=O) groups is 3. The number of phenolic OH excluding ortho intramolecular Hbond substituents is 2. The number of phenols is 2. The van der Waals surface area contributed by atoms with Crippen LogP contribution in [-0.4, -0.2) is 86.9 Å². The molecule has 1 saturated heterocycles.